The third kappa shape index (κ3) is 3.06. The van der Waals surface area contributed by atoms with Crippen molar-refractivity contribution in [1.29, 1.82) is 0 Å². The first-order valence-corrected chi connectivity index (χ1v) is 6.38. The number of piperidine rings is 1. The summed E-state index contributed by atoms with van der Waals surface area (Å²) in [5, 5.41) is 2.09. The molecule has 0 atom stereocenters. The number of anilines is 1. The van der Waals surface area contributed by atoms with Crippen LogP contribution in [0.2, 0.25) is 0 Å². The van der Waals surface area contributed by atoms with Crippen molar-refractivity contribution < 1.29 is 0 Å². The molecule has 0 spiro atoms. The van der Waals surface area contributed by atoms with Crippen molar-refractivity contribution in [2.75, 3.05) is 18.5 Å². The molecule has 0 unspecified atom stereocenters. The van der Waals surface area contributed by atoms with Gasteiger partial charge in [-0.3, -0.25) is 10.2 Å². The van der Waals surface area contributed by atoms with E-state index in [1.54, 1.807) is 17.0 Å². The molecule has 2 rings (SSSR count). The lowest BCUT2D eigenvalue weighted by Crippen LogP contribution is -2.38. The Bertz CT molecular complexity index is 409. The number of nitrogens with one attached hydrogen (secondary N) is 1. The average molecular weight is 236 g/mol. The summed E-state index contributed by atoms with van der Waals surface area (Å²) in [7, 11) is 0. The number of aromatic nitrogens is 2. The van der Waals surface area contributed by atoms with Gasteiger partial charge in [0.2, 0.25) is 5.82 Å². The Morgan fingerprint density at radius 1 is 1.35 bits per heavy atom. The second-order valence-corrected chi connectivity index (χ2v) is 4.43. The van der Waals surface area contributed by atoms with Crippen LogP contribution in [0.15, 0.2) is 17.2 Å². The molecule has 0 bridgehead atoms. The molecule has 2 heterocycles. The highest BCUT2D eigenvalue weighted by Crippen LogP contribution is 2.08. The molecule has 1 N–H and O–H groups in total. The number of rotatable bonds is 4. The van der Waals surface area contributed by atoms with Crippen molar-refractivity contribution in [2.24, 2.45) is 0 Å². The maximum absolute atomic E-state index is 12.0. The van der Waals surface area contributed by atoms with Gasteiger partial charge in [-0.2, -0.15) is 0 Å². The maximum atomic E-state index is 12.0. The highest BCUT2D eigenvalue weighted by Gasteiger charge is 2.12. The van der Waals surface area contributed by atoms with Crippen LogP contribution in [-0.4, -0.2) is 27.6 Å². The molecular weight excluding hydrogens is 216 g/mol. The monoisotopic (exact) mass is 236 g/mol. The molecule has 0 amide bonds. The Balaban J connectivity index is 2.09. The molecule has 1 aliphatic heterocycles. The van der Waals surface area contributed by atoms with E-state index in [1.807, 2.05) is 0 Å². The van der Waals surface area contributed by atoms with Crippen molar-refractivity contribution >= 4 is 5.82 Å². The van der Waals surface area contributed by atoms with Crippen molar-refractivity contribution in [2.45, 2.75) is 39.2 Å². The molecule has 17 heavy (non-hydrogen) atoms. The largest absolute Gasteiger partial charge is 0.311 e. The molecule has 94 valence electrons. The molecular formula is C12H20N4O. The zero-order valence-corrected chi connectivity index (χ0v) is 10.4. The van der Waals surface area contributed by atoms with E-state index < -0.39 is 0 Å². The third-order valence-electron chi connectivity index (χ3n) is 3.00. The number of hydrogen-bond donors (Lipinski definition) is 1. The zero-order chi connectivity index (χ0) is 12.1. The van der Waals surface area contributed by atoms with Crippen molar-refractivity contribution in [3.8, 4) is 0 Å². The van der Waals surface area contributed by atoms with E-state index in [0.29, 0.717) is 5.82 Å². The van der Waals surface area contributed by atoms with E-state index in [1.165, 1.54) is 19.3 Å². The SMILES string of the molecule is CCCn1ccnc(NN2CCCCC2)c1=O. The summed E-state index contributed by atoms with van der Waals surface area (Å²) < 4.78 is 1.71. The third-order valence-corrected chi connectivity index (χ3v) is 3.00. The van der Waals surface area contributed by atoms with Gasteiger partial charge in [-0.1, -0.05) is 13.3 Å². The minimum absolute atomic E-state index is 0.0278. The molecule has 1 saturated heterocycles. The Morgan fingerprint density at radius 2 is 2.12 bits per heavy atom. The van der Waals surface area contributed by atoms with Crippen molar-refractivity contribution in [1.82, 2.24) is 14.6 Å². The molecule has 1 aliphatic rings. The van der Waals surface area contributed by atoms with Gasteiger partial charge in [0, 0.05) is 32.0 Å². The summed E-state index contributed by atoms with van der Waals surface area (Å²) in [5.41, 5.74) is 3.11. The smallest absolute Gasteiger partial charge is 0.294 e. The Morgan fingerprint density at radius 3 is 2.82 bits per heavy atom. The van der Waals surface area contributed by atoms with E-state index in [2.05, 4.69) is 22.3 Å². The molecule has 0 aliphatic carbocycles. The van der Waals surface area contributed by atoms with Gasteiger partial charge in [0.25, 0.3) is 5.56 Å². The predicted molar refractivity (Wildman–Crippen MR) is 67.8 cm³/mol. The number of hydrogen-bond acceptors (Lipinski definition) is 4. The lowest BCUT2D eigenvalue weighted by Gasteiger charge is -2.27. The average Bonchev–Trinajstić information content (AvgIpc) is 2.36. The summed E-state index contributed by atoms with van der Waals surface area (Å²) in [6.45, 7) is 4.79. The second kappa shape index (κ2) is 5.82. The summed E-state index contributed by atoms with van der Waals surface area (Å²) in [6, 6.07) is 0. The first-order chi connectivity index (χ1) is 8.31. The van der Waals surface area contributed by atoms with Gasteiger partial charge in [0.1, 0.15) is 0 Å². The maximum Gasteiger partial charge on any atom is 0.294 e. The highest BCUT2D eigenvalue weighted by molar-refractivity contribution is 5.29. The number of nitrogens with zero attached hydrogens (tertiary/aromatic N) is 3. The van der Waals surface area contributed by atoms with Crippen molar-refractivity contribution in [3.05, 3.63) is 22.7 Å². The van der Waals surface area contributed by atoms with E-state index >= 15 is 0 Å². The van der Waals surface area contributed by atoms with Crippen LogP contribution in [0.4, 0.5) is 5.82 Å². The van der Waals surface area contributed by atoms with Gasteiger partial charge in [-0.05, 0) is 19.3 Å². The first-order valence-electron chi connectivity index (χ1n) is 6.38. The van der Waals surface area contributed by atoms with Gasteiger partial charge >= 0.3 is 0 Å². The fourth-order valence-electron chi connectivity index (χ4n) is 2.10. The Kier molecular flexibility index (Phi) is 4.14. The summed E-state index contributed by atoms with van der Waals surface area (Å²) in [5.74, 6) is 0.447. The van der Waals surface area contributed by atoms with E-state index in [0.717, 1.165) is 26.1 Å². The number of aryl methyl sites for hydroxylation is 1. The van der Waals surface area contributed by atoms with Gasteiger partial charge in [-0.15, -0.1) is 0 Å². The fourth-order valence-corrected chi connectivity index (χ4v) is 2.10. The molecule has 5 heteroatoms. The van der Waals surface area contributed by atoms with Crippen LogP contribution < -0.4 is 11.0 Å². The van der Waals surface area contributed by atoms with Crippen LogP contribution in [0.5, 0.6) is 0 Å². The zero-order valence-electron chi connectivity index (χ0n) is 10.4. The van der Waals surface area contributed by atoms with Gasteiger partial charge in [0.15, 0.2) is 0 Å². The summed E-state index contributed by atoms with van der Waals surface area (Å²) in [6.07, 6.45) is 8.02. The van der Waals surface area contributed by atoms with Crippen LogP contribution in [0, 0.1) is 0 Å². The van der Waals surface area contributed by atoms with E-state index in [-0.39, 0.29) is 5.56 Å². The molecule has 0 saturated carbocycles. The second-order valence-electron chi connectivity index (χ2n) is 4.43. The fraction of sp³-hybridized carbons (Fsp3) is 0.667. The molecule has 1 aromatic rings. The first kappa shape index (κ1) is 12.1. The minimum atomic E-state index is -0.0278. The molecule has 5 nitrogen and oxygen atoms in total. The van der Waals surface area contributed by atoms with Gasteiger partial charge < -0.3 is 4.57 Å². The normalized spacial score (nSPS) is 17.0. The molecule has 1 aromatic heterocycles. The predicted octanol–water partition coefficient (Wildman–Crippen LogP) is 1.47. The lowest BCUT2D eigenvalue weighted by molar-refractivity contribution is 0.271. The minimum Gasteiger partial charge on any atom is -0.311 e. The molecule has 0 radical (unpaired) electrons. The topological polar surface area (TPSA) is 50.2 Å². The van der Waals surface area contributed by atoms with Crippen LogP contribution >= 0.6 is 0 Å². The standard InChI is InChI=1S/C12H20N4O/c1-2-7-15-10-6-13-11(12(15)17)14-16-8-4-3-5-9-16/h6,10H,2-5,7-9H2,1H3,(H,13,14). The van der Waals surface area contributed by atoms with Gasteiger partial charge in [0.05, 0.1) is 0 Å². The Hall–Kier alpha value is -1.36. The van der Waals surface area contributed by atoms with Crippen molar-refractivity contribution in [3.63, 3.8) is 0 Å². The Labute approximate surface area is 101 Å². The van der Waals surface area contributed by atoms with Crippen LogP contribution in [0.25, 0.3) is 0 Å². The molecule has 1 fully saturated rings. The lowest BCUT2D eigenvalue weighted by atomic mass is 10.2. The number of hydrazine groups is 1. The highest BCUT2D eigenvalue weighted by atomic mass is 16.1. The summed E-state index contributed by atoms with van der Waals surface area (Å²) >= 11 is 0. The van der Waals surface area contributed by atoms with E-state index in [9.17, 15) is 4.79 Å². The summed E-state index contributed by atoms with van der Waals surface area (Å²) in [4.78, 5) is 16.2. The quantitative estimate of drug-likeness (QED) is 0.860. The molecule has 0 aromatic carbocycles. The van der Waals surface area contributed by atoms with Crippen LogP contribution in [0.3, 0.4) is 0 Å². The van der Waals surface area contributed by atoms with E-state index in [4.69, 9.17) is 0 Å². The van der Waals surface area contributed by atoms with Crippen LogP contribution in [-0.2, 0) is 6.54 Å². The van der Waals surface area contributed by atoms with Gasteiger partial charge in [-0.25, -0.2) is 9.99 Å². The van der Waals surface area contributed by atoms with Crippen LogP contribution in [0.1, 0.15) is 32.6 Å².